The summed E-state index contributed by atoms with van der Waals surface area (Å²) in [5.74, 6) is -1.69. The Morgan fingerprint density at radius 1 is 1.30 bits per heavy atom. The number of amides is 2. The molecule has 1 saturated heterocycles. The van der Waals surface area contributed by atoms with Crippen LogP contribution in [-0.4, -0.2) is 41.8 Å². The number of anilines is 1. The molecule has 0 radical (unpaired) electrons. The van der Waals surface area contributed by atoms with Gasteiger partial charge in [-0.05, 0) is 18.9 Å². The highest BCUT2D eigenvalue weighted by molar-refractivity contribution is 5.89. The molecule has 1 aromatic heterocycles. The second kappa shape index (κ2) is 6.97. The van der Waals surface area contributed by atoms with Gasteiger partial charge in [-0.25, -0.2) is 9.78 Å². The molecule has 0 saturated carbocycles. The number of nitrogens with zero attached hydrogens (tertiary/aromatic N) is 2. The van der Waals surface area contributed by atoms with Crippen molar-refractivity contribution < 1.29 is 31.5 Å². The Balaban J connectivity index is 1.85. The average molecular weight is 339 g/mol. The Hall–Kier alpha value is -2.13. The van der Waals surface area contributed by atoms with Crippen LogP contribution in [0.25, 0.3) is 0 Å². The Kier molecular flexibility index (Phi) is 5.22. The molecule has 1 N–H and O–H groups in total. The molecule has 2 rings (SSSR count). The van der Waals surface area contributed by atoms with Crippen LogP contribution < -0.4 is 10.1 Å². The van der Waals surface area contributed by atoms with E-state index < -0.39 is 24.7 Å². The maximum absolute atomic E-state index is 12.6. The van der Waals surface area contributed by atoms with Gasteiger partial charge in [-0.2, -0.15) is 22.0 Å². The van der Waals surface area contributed by atoms with Crippen molar-refractivity contribution in [2.45, 2.75) is 25.6 Å². The summed E-state index contributed by atoms with van der Waals surface area (Å²) in [5, 5.41) is 2.45. The largest absolute Gasteiger partial charge is 0.417 e. The van der Waals surface area contributed by atoms with Crippen LogP contribution in [0.2, 0.25) is 0 Å². The number of carbonyl (C=O) groups is 1. The number of urea groups is 1. The van der Waals surface area contributed by atoms with E-state index in [4.69, 9.17) is 0 Å². The van der Waals surface area contributed by atoms with Crippen LogP contribution in [0, 0.1) is 5.92 Å². The first-order valence-corrected chi connectivity index (χ1v) is 6.79. The van der Waals surface area contributed by atoms with E-state index in [1.165, 1.54) is 11.0 Å². The first-order valence-electron chi connectivity index (χ1n) is 6.79. The first kappa shape index (κ1) is 17.2. The number of ether oxygens (including phenoxy) is 1. The van der Waals surface area contributed by atoms with Gasteiger partial charge in [0.1, 0.15) is 0 Å². The smallest absolute Gasteiger partial charge is 0.391 e. The second-order valence-corrected chi connectivity index (χ2v) is 5.00. The lowest BCUT2D eigenvalue weighted by molar-refractivity contribution is -0.183. The lowest BCUT2D eigenvalue weighted by Crippen LogP contribution is -2.43. The Morgan fingerprint density at radius 3 is 2.43 bits per heavy atom. The summed E-state index contributed by atoms with van der Waals surface area (Å²) >= 11 is 0. The van der Waals surface area contributed by atoms with E-state index in [9.17, 15) is 26.7 Å². The number of hydrogen-bond donors (Lipinski definition) is 1. The lowest BCUT2D eigenvalue weighted by Gasteiger charge is -2.32. The third-order valence-electron chi connectivity index (χ3n) is 3.44. The molecular formula is C13H14F5N3O2. The van der Waals surface area contributed by atoms with Gasteiger partial charge in [0.25, 0.3) is 0 Å². The van der Waals surface area contributed by atoms with Crippen LogP contribution in [0.5, 0.6) is 5.88 Å². The summed E-state index contributed by atoms with van der Waals surface area (Å²) in [6.45, 7) is -3.01. The highest BCUT2D eigenvalue weighted by atomic mass is 19.4. The number of pyridine rings is 1. The van der Waals surface area contributed by atoms with Crippen LogP contribution in [0.15, 0.2) is 18.3 Å². The van der Waals surface area contributed by atoms with E-state index in [0.29, 0.717) is 0 Å². The summed E-state index contributed by atoms with van der Waals surface area (Å²) in [6.07, 6.45) is -3.40. The van der Waals surface area contributed by atoms with Crippen molar-refractivity contribution >= 4 is 11.7 Å². The molecule has 0 aliphatic carbocycles. The Morgan fingerprint density at radius 2 is 1.96 bits per heavy atom. The molecule has 2 amide bonds. The fraction of sp³-hybridized carbons (Fsp3) is 0.538. The third-order valence-corrected chi connectivity index (χ3v) is 3.44. The van der Waals surface area contributed by atoms with Crippen LogP contribution in [-0.2, 0) is 0 Å². The number of alkyl halides is 5. The zero-order valence-electron chi connectivity index (χ0n) is 11.8. The fourth-order valence-corrected chi connectivity index (χ4v) is 2.23. The summed E-state index contributed by atoms with van der Waals surface area (Å²) in [5.41, 5.74) is 0.231. The van der Waals surface area contributed by atoms with Gasteiger partial charge in [-0.3, -0.25) is 0 Å². The van der Waals surface area contributed by atoms with Gasteiger partial charge < -0.3 is 15.0 Å². The van der Waals surface area contributed by atoms with Gasteiger partial charge in [0.05, 0.1) is 17.8 Å². The topological polar surface area (TPSA) is 54.5 Å². The van der Waals surface area contributed by atoms with E-state index in [2.05, 4.69) is 15.0 Å². The van der Waals surface area contributed by atoms with Gasteiger partial charge in [0, 0.05) is 19.2 Å². The Bertz CT molecular complexity index is 527. The van der Waals surface area contributed by atoms with Crippen LogP contribution in [0.1, 0.15) is 12.8 Å². The minimum absolute atomic E-state index is 0.00395. The predicted octanol–water partition coefficient (Wildman–Crippen LogP) is 3.49. The highest BCUT2D eigenvalue weighted by Crippen LogP contribution is 2.34. The van der Waals surface area contributed by atoms with E-state index in [1.54, 1.807) is 0 Å². The molecule has 0 unspecified atom stereocenters. The highest BCUT2D eigenvalue weighted by Gasteiger charge is 2.41. The number of rotatable bonds is 3. The number of hydrogen-bond acceptors (Lipinski definition) is 3. The normalized spacial score (nSPS) is 16.5. The minimum atomic E-state index is -4.24. The van der Waals surface area contributed by atoms with E-state index in [0.717, 1.165) is 12.3 Å². The lowest BCUT2D eigenvalue weighted by atomic mass is 9.96. The number of nitrogens with one attached hydrogen (secondary N) is 1. The van der Waals surface area contributed by atoms with E-state index >= 15 is 0 Å². The summed E-state index contributed by atoms with van der Waals surface area (Å²) in [7, 11) is 0. The van der Waals surface area contributed by atoms with Crippen molar-refractivity contribution in [3.05, 3.63) is 18.3 Å². The molecule has 0 bridgehead atoms. The molecule has 0 atom stereocenters. The molecule has 0 spiro atoms. The molecule has 1 fully saturated rings. The van der Waals surface area contributed by atoms with Gasteiger partial charge in [0.15, 0.2) is 0 Å². The standard InChI is InChI=1S/C13H14F5N3O2/c14-11(15)23-10-2-1-9(7-19-10)20-12(22)21-5-3-8(4-6-21)13(16,17)18/h1-2,7-8,11H,3-6H2,(H,20,22). The first-order chi connectivity index (χ1) is 10.8. The van der Waals surface area contributed by atoms with Crippen molar-refractivity contribution in [2.75, 3.05) is 18.4 Å². The minimum Gasteiger partial charge on any atom is -0.417 e. The average Bonchev–Trinajstić information content (AvgIpc) is 2.48. The predicted molar refractivity (Wildman–Crippen MR) is 70.2 cm³/mol. The summed E-state index contributed by atoms with van der Waals surface area (Å²) in [4.78, 5) is 16.8. The quantitative estimate of drug-likeness (QED) is 0.858. The molecular weight excluding hydrogens is 325 g/mol. The van der Waals surface area contributed by atoms with Gasteiger partial charge in [-0.15, -0.1) is 0 Å². The maximum atomic E-state index is 12.6. The summed E-state index contributed by atoms with van der Waals surface area (Å²) < 4.78 is 65.7. The van der Waals surface area contributed by atoms with Crippen molar-refractivity contribution in [1.82, 2.24) is 9.88 Å². The molecule has 5 nitrogen and oxygen atoms in total. The van der Waals surface area contributed by atoms with Gasteiger partial charge >= 0.3 is 18.8 Å². The van der Waals surface area contributed by atoms with Crippen molar-refractivity contribution in [3.8, 4) is 5.88 Å². The van der Waals surface area contributed by atoms with Gasteiger partial charge in [-0.1, -0.05) is 0 Å². The third kappa shape index (κ3) is 4.93. The number of carbonyl (C=O) groups excluding carboxylic acids is 1. The summed E-state index contributed by atoms with van der Waals surface area (Å²) in [6, 6.07) is 1.90. The molecule has 23 heavy (non-hydrogen) atoms. The van der Waals surface area contributed by atoms with Crippen molar-refractivity contribution in [3.63, 3.8) is 0 Å². The van der Waals surface area contributed by atoms with Crippen LogP contribution in [0.4, 0.5) is 32.4 Å². The SMILES string of the molecule is O=C(Nc1ccc(OC(F)F)nc1)N1CCC(C(F)(F)F)CC1. The molecule has 1 aromatic rings. The van der Waals surface area contributed by atoms with Crippen LogP contribution in [0.3, 0.4) is 0 Å². The van der Waals surface area contributed by atoms with Crippen molar-refractivity contribution in [1.29, 1.82) is 0 Å². The molecule has 2 heterocycles. The van der Waals surface area contributed by atoms with E-state index in [-0.39, 0.29) is 37.5 Å². The van der Waals surface area contributed by atoms with Crippen LogP contribution >= 0.6 is 0 Å². The zero-order chi connectivity index (χ0) is 17.0. The van der Waals surface area contributed by atoms with Gasteiger partial charge in [0.2, 0.25) is 5.88 Å². The molecule has 128 valence electrons. The molecule has 10 heteroatoms. The number of piperidine rings is 1. The maximum Gasteiger partial charge on any atom is 0.391 e. The molecule has 1 aliphatic heterocycles. The molecule has 0 aromatic carbocycles. The van der Waals surface area contributed by atoms with E-state index in [1.807, 2.05) is 0 Å². The number of aromatic nitrogens is 1. The number of halogens is 5. The number of likely N-dealkylation sites (tertiary alicyclic amines) is 1. The molecule has 1 aliphatic rings. The zero-order valence-corrected chi connectivity index (χ0v) is 11.8. The Labute approximate surface area is 128 Å². The monoisotopic (exact) mass is 339 g/mol. The van der Waals surface area contributed by atoms with Crippen molar-refractivity contribution in [2.24, 2.45) is 5.92 Å². The second-order valence-electron chi connectivity index (χ2n) is 5.00. The fourth-order valence-electron chi connectivity index (χ4n) is 2.23.